The van der Waals surface area contributed by atoms with Crippen LogP contribution in [-0.4, -0.2) is 60.1 Å². The van der Waals surface area contributed by atoms with Crippen LogP contribution >= 0.6 is 0 Å². The molecule has 184 valence electrons. The van der Waals surface area contributed by atoms with E-state index >= 15 is 0 Å². The molecule has 1 heterocycles. The van der Waals surface area contributed by atoms with Crippen LogP contribution < -0.4 is 5.32 Å². The van der Waals surface area contributed by atoms with E-state index in [9.17, 15) is 23.2 Å². The van der Waals surface area contributed by atoms with Gasteiger partial charge in [-0.1, -0.05) is 48.5 Å². The number of rotatable bonds is 6. The summed E-state index contributed by atoms with van der Waals surface area (Å²) in [4.78, 5) is 37.4. The molecule has 1 saturated carbocycles. The highest BCUT2D eigenvalue weighted by molar-refractivity contribution is 5.83. The molecule has 2 aromatic rings. The number of carbonyl (C=O) groups excluding carboxylic acids is 2. The summed E-state index contributed by atoms with van der Waals surface area (Å²) in [5, 5.41) is 11.8. The average molecular weight is 484 g/mol. The molecule has 1 aliphatic heterocycles. The monoisotopic (exact) mass is 484 g/mol. The van der Waals surface area contributed by atoms with E-state index < -0.39 is 42.8 Å². The van der Waals surface area contributed by atoms with Crippen molar-refractivity contribution in [2.45, 2.75) is 24.7 Å². The van der Waals surface area contributed by atoms with Crippen molar-refractivity contribution in [2.24, 2.45) is 17.8 Å². The van der Waals surface area contributed by atoms with Crippen LogP contribution in [0.2, 0.25) is 0 Å². The van der Waals surface area contributed by atoms with Gasteiger partial charge in [0.25, 0.3) is 5.92 Å². The van der Waals surface area contributed by atoms with E-state index in [-0.39, 0.29) is 37.4 Å². The van der Waals surface area contributed by atoms with Crippen molar-refractivity contribution < 1.29 is 33.0 Å². The first-order chi connectivity index (χ1) is 16.8. The van der Waals surface area contributed by atoms with Gasteiger partial charge in [-0.25, -0.2) is 13.6 Å². The molecule has 7 nitrogen and oxygen atoms in total. The zero-order chi connectivity index (χ0) is 24.7. The maximum Gasteiger partial charge on any atom is 0.407 e. The fourth-order valence-corrected chi connectivity index (χ4v) is 5.24. The first-order valence-corrected chi connectivity index (χ1v) is 11.7. The van der Waals surface area contributed by atoms with Crippen LogP contribution in [-0.2, 0) is 14.3 Å². The number of nitrogens with zero attached hydrogens (tertiary/aromatic N) is 1. The zero-order valence-electron chi connectivity index (χ0n) is 19.0. The van der Waals surface area contributed by atoms with E-state index in [2.05, 4.69) is 17.4 Å². The fraction of sp³-hybridized carbons (Fsp3) is 0.423. The Hall–Kier alpha value is -3.49. The second-order valence-electron chi connectivity index (χ2n) is 9.49. The van der Waals surface area contributed by atoms with E-state index in [0.717, 1.165) is 22.3 Å². The summed E-state index contributed by atoms with van der Waals surface area (Å²) in [6, 6.07) is 16.1. The van der Waals surface area contributed by atoms with E-state index in [4.69, 9.17) is 9.84 Å². The van der Waals surface area contributed by atoms with E-state index in [1.807, 2.05) is 36.4 Å². The minimum atomic E-state index is -3.32. The van der Waals surface area contributed by atoms with Crippen molar-refractivity contribution in [3.05, 3.63) is 59.7 Å². The van der Waals surface area contributed by atoms with Gasteiger partial charge in [-0.2, -0.15) is 0 Å². The van der Waals surface area contributed by atoms with Crippen molar-refractivity contribution >= 4 is 18.0 Å². The summed E-state index contributed by atoms with van der Waals surface area (Å²) in [7, 11) is 0. The highest BCUT2D eigenvalue weighted by Crippen LogP contribution is 2.45. The number of piperidine rings is 1. The molecule has 3 atom stereocenters. The lowest BCUT2D eigenvalue weighted by Gasteiger charge is -2.36. The van der Waals surface area contributed by atoms with Gasteiger partial charge in [-0.05, 0) is 34.6 Å². The Kier molecular flexibility index (Phi) is 5.94. The van der Waals surface area contributed by atoms with Gasteiger partial charge in [-0.15, -0.1) is 0 Å². The third kappa shape index (κ3) is 4.47. The third-order valence-electron chi connectivity index (χ3n) is 7.33. The Morgan fingerprint density at radius 1 is 1.06 bits per heavy atom. The lowest BCUT2D eigenvalue weighted by Crippen LogP contribution is -2.52. The molecule has 3 aliphatic rings. The number of amides is 2. The van der Waals surface area contributed by atoms with E-state index in [1.54, 1.807) is 0 Å². The van der Waals surface area contributed by atoms with Gasteiger partial charge in [0, 0.05) is 37.9 Å². The number of benzene rings is 2. The molecule has 35 heavy (non-hydrogen) atoms. The standard InChI is InChI=1S/C26H26F2N2O5/c27-26(28)9-10-30(13-22(26)24(32)33)23(31)20-11-15(20)12-29-25(34)35-14-21-18-7-3-1-5-16(18)17-6-2-4-8-19(17)21/h1-8,15,20-22H,9-14H2,(H,29,34)(H,32,33). The van der Waals surface area contributed by atoms with Gasteiger partial charge in [0.05, 0.1) is 0 Å². The lowest BCUT2D eigenvalue weighted by molar-refractivity contribution is -0.169. The molecule has 2 fully saturated rings. The van der Waals surface area contributed by atoms with Crippen molar-refractivity contribution in [2.75, 3.05) is 26.2 Å². The second kappa shape index (κ2) is 8.94. The molecular weight excluding hydrogens is 458 g/mol. The summed E-state index contributed by atoms with van der Waals surface area (Å²) < 4.78 is 33.2. The Bertz CT molecular complexity index is 1120. The number of carboxylic acid groups (broad SMARTS) is 1. The number of hydrogen-bond acceptors (Lipinski definition) is 4. The summed E-state index contributed by atoms with van der Waals surface area (Å²) in [5.41, 5.74) is 4.50. The van der Waals surface area contributed by atoms with Crippen LogP contribution in [0, 0.1) is 17.8 Å². The number of alkyl carbamates (subject to hydrolysis) is 1. The minimum Gasteiger partial charge on any atom is -0.481 e. The topological polar surface area (TPSA) is 95.9 Å². The van der Waals surface area contributed by atoms with E-state index in [0.29, 0.717) is 6.42 Å². The highest BCUT2D eigenvalue weighted by atomic mass is 19.3. The molecule has 3 unspecified atom stereocenters. The molecular formula is C26H26F2N2O5. The van der Waals surface area contributed by atoms with Crippen LogP contribution in [0.5, 0.6) is 0 Å². The van der Waals surface area contributed by atoms with Gasteiger partial charge in [0.1, 0.15) is 12.5 Å². The number of aliphatic carboxylic acids is 1. The average Bonchev–Trinajstić information content (AvgIpc) is 3.55. The molecule has 0 bridgehead atoms. The van der Waals surface area contributed by atoms with Crippen LogP contribution in [0.1, 0.15) is 29.9 Å². The Labute approximate surface area is 201 Å². The first kappa shape index (κ1) is 23.3. The van der Waals surface area contributed by atoms with Crippen molar-refractivity contribution in [1.82, 2.24) is 10.2 Å². The van der Waals surface area contributed by atoms with Gasteiger partial charge >= 0.3 is 12.1 Å². The molecule has 0 spiro atoms. The highest BCUT2D eigenvalue weighted by Gasteiger charge is 2.52. The predicted molar refractivity (Wildman–Crippen MR) is 122 cm³/mol. The molecule has 2 aromatic carbocycles. The molecule has 0 aromatic heterocycles. The molecule has 9 heteroatoms. The SMILES string of the molecule is O=C(NCC1CC1C(=O)N1CCC(F)(F)C(C(=O)O)C1)OCC1c2ccccc2-c2ccccc21. The van der Waals surface area contributed by atoms with Gasteiger partial charge < -0.3 is 20.1 Å². The van der Waals surface area contributed by atoms with Crippen LogP contribution in [0.3, 0.4) is 0 Å². The summed E-state index contributed by atoms with van der Waals surface area (Å²) in [6.45, 7) is -0.242. The Balaban J connectivity index is 1.11. The van der Waals surface area contributed by atoms with Crippen LogP contribution in [0.4, 0.5) is 13.6 Å². The van der Waals surface area contributed by atoms with Gasteiger partial charge in [0.15, 0.2) is 0 Å². The number of ether oxygens (including phenoxy) is 1. The molecule has 2 N–H and O–H groups in total. The van der Waals surface area contributed by atoms with Crippen molar-refractivity contribution in [1.29, 1.82) is 0 Å². The molecule has 2 aliphatic carbocycles. The number of halogens is 2. The van der Waals surface area contributed by atoms with Crippen molar-refractivity contribution in [3.8, 4) is 11.1 Å². The zero-order valence-corrected chi connectivity index (χ0v) is 19.0. The number of likely N-dealkylation sites (tertiary alicyclic amines) is 1. The second-order valence-corrected chi connectivity index (χ2v) is 9.49. The number of carbonyl (C=O) groups is 3. The quantitative estimate of drug-likeness (QED) is 0.652. The Morgan fingerprint density at radius 2 is 1.69 bits per heavy atom. The molecule has 2 amide bonds. The normalized spacial score (nSPS) is 24.3. The van der Waals surface area contributed by atoms with Gasteiger partial charge in [-0.3, -0.25) is 9.59 Å². The minimum absolute atomic E-state index is 0.0530. The van der Waals surface area contributed by atoms with E-state index in [1.165, 1.54) is 4.90 Å². The first-order valence-electron chi connectivity index (χ1n) is 11.7. The fourth-order valence-electron chi connectivity index (χ4n) is 5.24. The third-order valence-corrected chi connectivity index (χ3v) is 7.33. The summed E-state index contributed by atoms with van der Waals surface area (Å²) in [6.07, 6.45) is -0.716. The number of alkyl halides is 2. The number of hydrogen-bond donors (Lipinski definition) is 2. The molecule has 0 radical (unpaired) electrons. The summed E-state index contributed by atoms with van der Waals surface area (Å²) in [5.74, 6) is -7.71. The smallest absolute Gasteiger partial charge is 0.407 e. The number of fused-ring (bicyclic) bond motifs is 3. The number of nitrogens with one attached hydrogen (secondary N) is 1. The van der Waals surface area contributed by atoms with Crippen LogP contribution in [0.25, 0.3) is 11.1 Å². The van der Waals surface area contributed by atoms with Crippen molar-refractivity contribution in [3.63, 3.8) is 0 Å². The Morgan fingerprint density at radius 3 is 2.31 bits per heavy atom. The maximum atomic E-state index is 13.8. The predicted octanol–water partition coefficient (Wildman–Crippen LogP) is 3.73. The molecule has 5 rings (SSSR count). The van der Waals surface area contributed by atoms with Crippen LogP contribution in [0.15, 0.2) is 48.5 Å². The largest absolute Gasteiger partial charge is 0.481 e. The summed E-state index contributed by atoms with van der Waals surface area (Å²) >= 11 is 0. The number of carboxylic acids is 1. The molecule has 1 saturated heterocycles. The lowest BCUT2D eigenvalue weighted by atomic mass is 9.93. The van der Waals surface area contributed by atoms with Gasteiger partial charge in [0.2, 0.25) is 5.91 Å². The maximum absolute atomic E-state index is 13.8.